The fourth-order valence-electron chi connectivity index (χ4n) is 4.87. The number of halogens is 3. The Kier molecular flexibility index (Phi) is 8.03. The number of alkyl halides is 1. The molecule has 15 heteroatoms. The zero-order chi connectivity index (χ0) is 29.1. The highest BCUT2D eigenvalue weighted by molar-refractivity contribution is 5.97. The molecule has 41 heavy (non-hydrogen) atoms. The Morgan fingerprint density at radius 1 is 1.17 bits per heavy atom. The molecule has 2 saturated heterocycles. The van der Waals surface area contributed by atoms with Crippen molar-refractivity contribution in [1.29, 1.82) is 0 Å². The summed E-state index contributed by atoms with van der Waals surface area (Å²) in [5, 5.41) is 10.1. The van der Waals surface area contributed by atoms with Crippen molar-refractivity contribution >= 4 is 29.3 Å². The molecular weight excluding hydrogens is 545 g/mol. The third kappa shape index (κ3) is 5.93. The fourth-order valence-corrected chi connectivity index (χ4v) is 4.87. The summed E-state index contributed by atoms with van der Waals surface area (Å²) in [6.45, 7) is 1.48. The van der Waals surface area contributed by atoms with Gasteiger partial charge in [0.05, 0.1) is 30.0 Å². The number of piperazine rings is 1. The van der Waals surface area contributed by atoms with E-state index >= 15 is 8.78 Å². The minimum absolute atomic E-state index is 0.0333. The molecule has 0 spiro atoms. The molecule has 2 aromatic heterocycles. The number of aromatic nitrogens is 4. The Morgan fingerprint density at radius 2 is 1.90 bits per heavy atom. The highest BCUT2D eigenvalue weighted by atomic mass is 19.1. The van der Waals surface area contributed by atoms with Crippen LogP contribution in [0.4, 0.5) is 29.3 Å². The van der Waals surface area contributed by atoms with Crippen LogP contribution in [0.2, 0.25) is 0 Å². The number of ether oxygens (including phenoxy) is 1. The molecule has 5 rings (SSSR count). The number of nitrogens with one attached hydrogen (secondary N) is 1. The van der Waals surface area contributed by atoms with Gasteiger partial charge in [0.25, 0.3) is 5.91 Å². The summed E-state index contributed by atoms with van der Waals surface area (Å²) in [5.41, 5.74) is 0.138. The van der Waals surface area contributed by atoms with Gasteiger partial charge in [-0.1, -0.05) is 5.21 Å². The molecule has 3 amide bonds. The van der Waals surface area contributed by atoms with Crippen LogP contribution < -0.4 is 15.1 Å². The number of carbonyl (C=O) groups is 3. The highest BCUT2D eigenvalue weighted by Gasteiger charge is 2.36. The van der Waals surface area contributed by atoms with Gasteiger partial charge in [0, 0.05) is 50.7 Å². The normalized spacial score (nSPS) is 17.9. The van der Waals surface area contributed by atoms with Gasteiger partial charge in [0.2, 0.25) is 5.91 Å². The maximum Gasteiger partial charge on any atom is 0.414 e. The Bertz CT molecular complexity index is 1410. The Labute approximate surface area is 232 Å². The molecule has 2 aliphatic heterocycles. The van der Waals surface area contributed by atoms with Gasteiger partial charge in [-0.15, -0.1) is 5.10 Å². The lowest BCUT2D eigenvalue weighted by molar-refractivity contribution is -0.133. The molecule has 216 valence electrons. The first kappa shape index (κ1) is 27.9. The second-order valence-electron chi connectivity index (χ2n) is 9.67. The van der Waals surface area contributed by atoms with E-state index in [1.807, 2.05) is 0 Å². The number of hydrogen-bond donors (Lipinski definition) is 1. The summed E-state index contributed by atoms with van der Waals surface area (Å²) in [7, 11) is 0. The lowest BCUT2D eigenvalue weighted by Gasteiger charge is -2.37. The largest absolute Gasteiger partial charge is 0.447 e. The topological polar surface area (TPSA) is 126 Å². The van der Waals surface area contributed by atoms with Crippen molar-refractivity contribution in [3.05, 3.63) is 65.7 Å². The molecule has 0 saturated carbocycles. The van der Waals surface area contributed by atoms with Crippen LogP contribution in [0.25, 0.3) is 0 Å². The number of hydrogen-bond acceptors (Lipinski definition) is 8. The predicted molar refractivity (Wildman–Crippen MR) is 139 cm³/mol. The molecule has 2 fully saturated rings. The monoisotopic (exact) mass is 572 g/mol. The minimum atomic E-state index is -0.879. The van der Waals surface area contributed by atoms with Crippen molar-refractivity contribution in [3.8, 4) is 0 Å². The number of rotatable bonds is 8. The molecule has 0 radical (unpaired) electrons. The first-order valence-corrected chi connectivity index (χ1v) is 12.9. The average molecular weight is 573 g/mol. The quantitative estimate of drug-likeness (QED) is 0.434. The molecule has 0 aliphatic carbocycles. The SMILES string of the molecule is C[C@H](NC(=O)c1cccnc1)C(=O)N1CCN(c2c(F)cc(N3C(=O)OCC3Cn3cc(CF)nn3)cc2F)CC1. The van der Waals surface area contributed by atoms with Crippen LogP contribution in [0, 0.1) is 11.6 Å². The van der Waals surface area contributed by atoms with E-state index in [0.29, 0.717) is 5.56 Å². The van der Waals surface area contributed by atoms with Crippen LogP contribution in [0.5, 0.6) is 0 Å². The van der Waals surface area contributed by atoms with Crippen LogP contribution in [-0.2, 0) is 22.8 Å². The molecule has 0 bridgehead atoms. The maximum atomic E-state index is 15.3. The van der Waals surface area contributed by atoms with E-state index in [2.05, 4.69) is 20.6 Å². The molecule has 1 N–H and O–H groups in total. The van der Waals surface area contributed by atoms with Crippen LogP contribution in [-0.4, -0.2) is 87.7 Å². The fraction of sp³-hybridized carbons (Fsp3) is 0.385. The van der Waals surface area contributed by atoms with Gasteiger partial charge in [0.15, 0.2) is 11.6 Å². The number of carbonyl (C=O) groups excluding carboxylic acids is 3. The molecule has 1 unspecified atom stereocenters. The van der Waals surface area contributed by atoms with Gasteiger partial charge >= 0.3 is 6.09 Å². The molecule has 3 aromatic rings. The molecule has 2 aliphatic rings. The summed E-state index contributed by atoms with van der Waals surface area (Å²) in [6, 6.07) is 3.86. The molecular formula is C26H27F3N8O4. The van der Waals surface area contributed by atoms with E-state index < -0.39 is 42.4 Å². The number of cyclic esters (lactones) is 1. The third-order valence-corrected chi connectivity index (χ3v) is 6.91. The number of pyridine rings is 1. The Balaban J connectivity index is 1.22. The van der Waals surface area contributed by atoms with Crippen molar-refractivity contribution < 1.29 is 32.3 Å². The highest BCUT2D eigenvalue weighted by Crippen LogP contribution is 2.32. The first-order chi connectivity index (χ1) is 19.7. The van der Waals surface area contributed by atoms with Gasteiger partial charge in [-0.05, 0) is 19.1 Å². The summed E-state index contributed by atoms with van der Waals surface area (Å²) < 4.78 is 49.8. The van der Waals surface area contributed by atoms with Gasteiger partial charge in [-0.25, -0.2) is 22.6 Å². The van der Waals surface area contributed by atoms with Gasteiger partial charge in [0.1, 0.15) is 30.7 Å². The average Bonchev–Trinajstić information content (AvgIpc) is 3.58. The predicted octanol–water partition coefficient (Wildman–Crippen LogP) is 1.91. The van der Waals surface area contributed by atoms with Gasteiger partial charge in [-0.2, -0.15) is 0 Å². The van der Waals surface area contributed by atoms with E-state index in [4.69, 9.17) is 4.74 Å². The Hall–Kier alpha value is -4.69. The van der Waals surface area contributed by atoms with Crippen molar-refractivity contribution in [2.24, 2.45) is 0 Å². The molecule has 12 nitrogen and oxygen atoms in total. The summed E-state index contributed by atoms with van der Waals surface area (Å²) in [5.74, 6) is -2.51. The number of anilines is 2. The number of nitrogens with zero attached hydrogens (tertiary/aromatic N) is 7. The lowest BCUT2D eigenvalue weighted by atomic mass is 10.1. The van der Waals surface area contributed by atoms with Crippen LogP contribution in [0.1, 0.15) is 23.0 Å². The van der Waals surface area contributed by atoms with E-state index in [9.17, 15) is 18.8 Å². The second kappa shape index (κ2) is 11.8. The zero-order valence-corrected chi connectivity index (χ0v) is 22.0. The molecule has 4 heterocycles. The summed E-state index contributed by atoms with van der Waals surface area (Å²) >= 11 is 0. The van der Waals surface area contributed by atoms with Crippen molar-refractivity contribution in [1.82, 2.24) is 30.2 Å². The second-order valence-corrected chi connectivity index (χ2v) is 9.67. The van der Waals surface area contributed by atoms with E-state index in [1.54, 1.807) is 19.1 Å². The van der Waals surface area contributed by atoms with Crippen molar-refractivity contribution in [2.75, 3.05) is 42.6 Å². The number of benzene rings is 1. The van der Waals surface area contributed by atoms with Crippen LogP contribution >= 0.6 is 0 Å². The number of amides is 3. The molecule has 2 atom stereocenters. The molecule has 1 aromatic carbocycles. The maximum absolute atomic E-state index is 15.3. The standard InChI is InChI=1S/C26H27F3N8O4/c1-16(31-24(38)17-3-2-4-30-12-17)25(39)35-7-5-34(6-8-35)23-21(28)9-19(10-22(23)29)37-20(15-41-26(37)40)14-36-13-18(11-27)32-33-36/h2-4,9-10,12-13,16,20H,5-8,11,14-15H2,1H3,(H,31,38)/t16-,20?/m0/s1. The smallest absolute Gasteiger partial charge is 0.414 e. The first-order valence-electron chi connectivity index (χ1n) is 12.9. The van der Waals surface area contributed by atoms with Crippen molar-refractivity contribution in [2.45, 2.75) is 32.2 Å². The van der Waals surface area contributed by atoms with Crippen molar-refractivity contribution in [3.63, 3.8) is 0 Å². The van der Waals surface area contributed by atoms with E-state index in [-0.39, 0.29) is 62.3 Å². The van der Waals surface area contributed by atoms with E-state index in [0.717, 1.165) is 17.0 Å². The minimum Gasteiger partial charge on any atom is -0.447 e. The van der Waals surface area contributed by atoms with Gasteiger partial charge in [-0.3, -0.25) is 19.5 Å². The van der Waals surface area contributed by atoms with Gasteiger partial charge < -0.3 is 19.9 Å². The Morgan fingerprint density at radius 3 is 2.54 bits per heavy atom. The lowest BCUT2D eigenvalue weighted by Crippen LogP contribution is -2.54. The van der Waals surface area contributed by atoms with Crippen LogP contribution in [0.3, 0.4) is 0 Å². The van der Waals surface area contributed by atoms with E-state index in [1.165, 1.54) is 33.1 Å². The third-order valence-electron chi connectivity index (χ3n) is 6.91. The summed E-state index contributed by atoms with van der Waals surface area (Å²) in [4.78, 5) is 45.7. The zero-order valence-electron chi connectivity index (χ0n) is 22.0. The van der Waals surface area contributed by atoms with Crippen LogP contribution in [0.15, 0.2) is 42.9 Å². The summed E-state index contributed by atoms with van der Waals surface area (Å²) in [6.07, 6.45) is 3.54.